The first-order valence-electron chi connectivity index (χ1n) is 9.32. The van der Waals surface area contributed by atoms with E-state index in [2.05, 4.69) is 9.88 Å². The van der Waals surface area contributed by atoms with Crippen LogP contribution in [0, 0.1) is 0 Å². The van der Waals surface area contributed by atoms with Gasteiger partial charge in [0.15, 0.2) is 0 Å². The minimum Gasteiger partial charge on any atom is -0.336 e. The van der Waals surface area contributed by atoms with Crippen molar-refractivity contribution >= 4 is 27.3 Å². The summed E-state index contributed by atoms with van der Waals surface area (Å²) in [7, 11) is -3.31. The van der Waals surface area contributed by atoms with Crippen molar-refractivity contribution in [2.45, 2.75) is 38.1 Å². The Bertz CT molecular complexity index is 687. The predicted molar refractivity (Wildman–Crippen MR) is 103 cm³/mol. The molecule has 1 amide bonds. The Morgan fingerprint density at radius 3 is 2.69 bits per heavy atom. The van der Waals surface area contributed by atoms with Crippen LogP contribution >= 0.6 is 11.3 Å². The van der Waals surface area contributed by atoms with Gasteiger partial charge in [-0.3, -0.25) is 4.79 Å². The van der Waals surface area contributed by atoms with Gasteiger partial charge in [0, 0.05) is 37.6 Å². The van der Waals surface area contributed by atoms with Crippen LogP contribution < -0.4 is 0 Å². The molecular weight excluding hydrogens is 372 g/mol. The van der Waals surface area contributed by atoms with E-state index in [-0.39, 0.29) is 11.9 Å². The van der Waals surface area contributed by atoms with Gasteiger partial charge >= 0.3 is 0 Å². The SMILES string of the molecule is CS(=O)(=O)N(CCN1CCCCC1)C1CCCN(C(=O)c2cscn2)C1. The first-order valence-corrected chi connectivity index (χ1v) is 12.1. The lowest BCUT2D eigenvalue weighted by molar-refractivity contribution is 0.0642. The molecule has 3 rings (SSSR count). The van der Waals surface area contributed by atoms with Crippen LogP contribution in [0.25, 0.3) is 0 Å². The number of piperidine rings is 2. The van der Waals surface area contributed by atoms with Gasteiger partial charge in [0.25, 0.3) is 5.91 Å². The van der Waals surface area contributed by atoms with Crippen molar-refractivity contribution in [1.82, 2.24) is 19.1 Å². The highest BCUT2D eigenvalue weighted by Gasteiger charge is 2.33. The molecule has 0 saturated carbocycles. The molecule has 2 aliphatic heterocycles. The first kappa shape index (κ1) is 19.7. The molecule has 7 nitrogen and oxygen atoms in total. The summed E-state index contributed by atoms with van der Waals surface area (Å²) in [5.41, 5.74) is 2.10. The Morgan fingerprint density at radius 2 is 2.04 bits per heavy atom. The largest absolute Gasteiger partial charge is 0.336 e. The van der Waals surface area contributed by atoms with E-state index in [0.717, 1.165) is 32.5 Å². The van der Waals surface area contributed by atoms with Gasteiger partial charge in [0.1, 0.15) is 5.69 Å². The van der Waals surface area contributed by atoms with Crippen molar-refractivity contribution in [2.75, 3.05) is 45.5 Å². The van der Waals surface area contributed by atoms with Gasteiger partial charge in [-0.15, -0.1) is 11.3 Å². The number of aromatic nitrogens is 1. The number of likely N-dealkylation sites (tertiary alicyclic amines) is 2. The van der Waals surface area contributed by atoms with Gasteiger partial charge in [0.2, 0.25) is 10.0 Å². The van der Waals surface area contributed by atoms with Crippen molar-refractivity contribution in [2.24, 2.45) is 0 Å². The molecule has 26 heavy (non-hydrogen) atoms. The van der Waals surface area contributed by atoms with Crippen LogP contribution in [0.15, 0.2) is 10.9 Å². The third-order valence-electron chi connectivity index (χ3n) is 5.25. The highest BCUT2D eigenvalue weighted by atomic mass is 32.2. The van der Waals surface area contributed by atoms with Crippen LogP contribution in [0.4, 0.5) is 0 Å². The topological polar surface area (TPSA) is 73.8 Å². The molecular formula is C17H28N4O3S2. The molecule has 0 aromatic carbocycles. The number of thiazole rings is 1. The predicted octanol–water partition coefficient (Wildman–Crippen LogP) is 1.50. The zero-order valence-corrected chi connectivity index (χ0v) is 17.0. The summed E-state index contributed by atoms with van der Waals surface area (Å²) in [6, 6.07) is -0.147. The Hall–Kier alpha value is -1.03. The van der Waals surface area contributed by atoms with E-state index in [1.807, 2.05) is 0 Å². The van der Waals surface area contributed by atoms with Crippen LogP contribution in [0.5, 0.6) is 0 Å². The number of carbonyl (C=O) groups excluding carboxylic acids is 1. The van der Waals surface area contributed by atoms with E-state index < -0.39 is 10.0 Å². The Morgan fingerprint density at radius 1 is 1.27 bits per heavy atom. The van der Waals surface area contributed by atoms with Gasteiger partial charge in [-0.25, -0.2) is 13.4 Å². The van der Waals surface area contributed by atoms with Crippen LogP contribution in [-0.4, -0.2) is 85.0 Å². The standard InChI is InChI=1S/C17H28N4O3S2/c1-26(23,24)21(11-10-19-7-3-2-4-8-19)15-6-5-9-20(12-15)17(22)16-13-25-14-18-16/h13-15H,2-12H2,1H3. The van der Waals surface area contributed by atoms with Crippen LogP contribution in [0.2, 0.25) is 0 Å². The smallest absolute Gasteiger partial charge is 0.273 e. The monoisotopic (exact) mass is 400 g/mol. The maximum absolute atomic E-state index is 12.6. The van der Waals surface area contributed by atoms with E-state index >= 15 is 0 Å². The van der Waals surface area contributed by atoms with E-state index in [1.165, 1.54) is 36.9 Å². The number of sulfonamides is 1. The van der Waals surface area contributed by atoms with Gasteiger partial charge < -0.3 is 9.80 Å². The van der Waals surface area contributed by atoms with Gasteiger partial charge in [-0.05, 0) is 38.8 Å². The first-order chi connectivity index (χ1) is 12.4. The number of hydrogen-bond acceptors (Lipinski definition) is 6. The molecule has 0 bridgehead atoms. The Labute approximate surface area is 160 Å². The van der Waals surface area contributed by atoms with Crippen LogP contribution in [0.1, 0.15) is 42.6 Å². The average molecular weight is 401 g/mol. The minimum atomic E-state index is -3.31. The van der Waals surface area contributed by atoms with Crippen molar-refractivity contribution in [3.8, 4) is 0 Å². The van der Waals surface area contributed by atoms with Crippen LogP contribution in [0.3, 0.4) is 0 Å². The molecule has 0 aliphatic carbocycles. The van der Waals surface area contributed by atoms with Crippen molar-refractivity contribution in [3.63, 3.8) is 0 Å². The Kier molecular flexibility index (Phi) is 6.65. The summed E-state index contributed by atoms with van der Waals surface area (Å²) >= 11 is 1.40. The fourth-order valence-electron chi connectivity index (χ4n) is 3.90. The minimum absolute atomic E-state index is 0.0968. The lowest BCUT2D eigenvalue weighted by atomic mass is 10.1. The van der Waals surface area contributed by atoms with E-state index in [4.69, 9.17) is 0 Å². The molecule has 0 spiro atoms. The molecule has 1 atom stereocenters. The summed E-state index contributed by atoms with van der Waals surface area (Å²) < 4.78 is 26.4. The summed E-state index contributed by atoms with van der Waals surface area (Å²) in [6.45, 7) is 4.49. The number of hydrogen-bond donors (Lipinski definition) is 0. The molecule has 2 saturated heterocycles. The fraction of sp³-hybridized carbons (Fsp3) is 0.765. The molecule has 2 aliphatic rings. The highest BCUT2D eigenvalue weighted by molar-refractivity contribution is 7.88. The molecule has 0 N–H and O–H groups in total. The second-order valence-electron chi connectivity index (χ2n) is 7.20. The third-order valence-corrected chi connectivity index (χ3v) is 7.17. The van der Waals surface area contributed by atoms with Crippen LogP contribution in [-0.2, 0) is 10.0 Å². The summed E-state index contributed by atoms with van der Waals surface area (Å²) in [6.07, 6.45) is 6.55. The molecule has 9 heteroatoms. The van der Waals surface area contributed by atoms with Crippen molar-refractivity contribution in [3.05, 3.63) is 16.6 Å². The Balaban J connectivity index is 1.64. The van der Waals surface area contributed by atoms with E-state index in [1.54, 1.807) is 20.1 Å². The molecule has 1 aromatic rings. The quantitative estimate of drug-likeness (QED) is 0.723. The van der Waals surface area contributed by atoms with Crippen molar-refractivity contribution in [1.29, 1.82) is 0 Å². The van der Waals surface area contributed by atoms with Crippen molar-refractivity contribution < 1.29 is 13.2 Å². The maximum atomic E-state index is 12.6. The number of carbonyl (C=O) groups is 1. The zero-order chi connectivity index (χ0) is 18.6. The number of amides is 1. The third kappa shape index (κ3) is 5.03. The van der Waals surface area contributed by atoms with Gasteiger partial charge in [-0.2, -0.15) is 4.31 Å². The summed E-state index contributed by atoms with van der Waals surface area (Å²) in [5, 5.41) is 1.75. The fourth-order valence-corrected chi connectivity index (χ4v) is 5.55. The lowest BCUT2D eigenvalue weighted by Gasteiger charge is -2.39. The summed E-state index contributed by atoms with van der Waals surface area (Å²) in [5.74, 6) is -0.0968. The second kappa shape index (κ2) is 8.77. The number of nitrogens with zero attached hydrogens (tertiary/aromatic N) is 4. The van der Waals surface area contributed by atoms with Gasteiger partial charge in [-0.1, -0.05) is 6.42 Å². The average Bonchev–Trinajstić information content (AvgIpc) is 3.16. The zero-order valence-electron chi connectivity index (χ0n) is 15.3. The summed E-state index contributed by atoms with van der Waals surface area (Å²) in [4.78, 5) is 20.8. The van der Waals surface area contributed by atoms with E-state index in [0.29, 0.717) is 25.3 Å². The lowest BCUT2D eigenvalue weighted by Crippen LogP contribution is -2.53. The molecule has 0 radical (unpaired) electrons. The molecule has 1 unspecified atom stereocenters. The normalized spacial score (nSPS) is 22.7. The second-order valence-corrected chi connectivity index (χ2v) is 9.85. The van der Waals surface area contributed by atoms with Gasteiger partial charge in [0.05, 0.1) is 11.8 Å². The number of rotatable bonds is 6. The highest BCUT2D eigenvalue weighted by Crippen LogP contribution is 2.21. The molecule has 146 valence electrons. The maximum Gasteiger partial charge on any atom is 0.273 e. The molecule has 1 aromatic heterocycles. The molecule has 2 fully saturated rings. The molecule has 3 heterocycles. The van der Waals surface area contributed by atoms with E-state index in [9.17, 15) is 13.2 Å².